The van der Waals surface area contributed by atoms with E-state index in [9.17, 15) is 18.4 Å². The fraction of sp³-hybridized carbons (Fsp3) is 0.250. The summed E-state index contributed by atoms with van der Waals surface area (Å²) < 4.78 is 24.6. The first kappa shape index (κ1) is 19.1. The van der Waals surface area contributed by atoms with Gasteiger partial charge in [-0.2, -0.15) is 0 Å². The Morgan fingerprint density at radius 2 is 1.42 bits per heavy atom. The van der Waals surface area contributed by atoms with Gasteiger partial charge in [-0.05, 0) is 45.0 Å². The second kappa shape index (κ2) is 8.09. The van der Waals surface area contributed by atoms with Crippen LogP contribution in [0.4, 0.5) is 8.78 Å². The Balaban J connectivity index is 0.000000254. The number of hydrogen-bond acceptors (Lipinski definition) is 4. The van der Waals surface area contributed by atoms with Gasteiger partial charge in [0.05, 0.1) is 12.4 Å². The number of carbonyl (C=O) groups is 2. The lowest BCUT2D eigenvalue weighted by atomic mass is 10.1. The molecule has 6 nitrogen and oxygen atoms in total. The highest BCUT2D eigenvalue weighted by molar-refractivity contribution is 5.92. The molecule has 2 aromatic rings. The van der Waals surface area contributed by atoms with Crippen LogP contribution < -0.4 is 5.32 Å². The lowest BCUT2D eigenvalue weighted by Crippen LogP contribution is -2.40. The molecule has 0 aliphatic heterocycles. The summed E-state index contributed by atoms with van der Waals surface area (Å²) in [5.74, 6) is -2.43. The molecule has 0 unspecified atom stereocenters. The standard InChI is InChI=1S/C10H13FN2O.C6H4FNO2/c1-10(2,3)13-9(14)8-5-4-7(11)6-12-8;7-4-1-2-5(6(9)10)8-3-4/h4-6H,1-3H3,(H,13,14);1-3H,(H,9,10). The molecule has 0 aliphatic rings. The predicted molar refractivity (Wildman–Crippen MR) is 82.6 cm³/mol. The second-order valence-electron chi connectivity index (χ2n) is 5.73. The molecule has 128 valence electrons. The molecule has 0 saturated heterocycles. The number of pyridine rings is 2. The molecule has 0 bridgehead atoms. The van der Waals surface area contributed by atoms with Crippen molar-refractivity contribution in [2.45, 2.75) is 26.3 Å². The minimum Gasteiger partial charge on any atom is -0.477 e. The zero-order valence-electron chi connectivity index (χ0n) is 13.4. The number of aromatic nitrogens is 2. The van der Waals surface area contributed by atoms with Crippen molar-refractivity contribution in [3.05, 3.63) is 59.7 Å². The van der Waals surface area contributed by atoms with Crippen LogP contribution in [0, 0.1) is 11.6 Å². The number of halogens is 2. The maximum absolute atomic E-state index is 12.5. The van der Waals surface area contributed by atoms with Gasteiger partial charge in [-0.25, -0.2) is 23.5 Å². The van der Waals surface area contributed by atoms with Gasteiger partial charge < -0.3 is 10.4 Å². The number of nitrogens with zero attached hydrogens (tertiary/aromatic N) is 2. The fourth-order valence-electron chi connectivity index (χ4n) is 1.42. The Labute approximate surface area is 137 Å². The molecule has 2 N–H and O–H groups in total. The van der Waals surface area contributed by atoms with E-state index in [-0.39, 0.29) is 22.8 Å². The maximum atomic E-state index is 12.5. The average Bonchev–Trinajstić information content (AvgIpc) is 2.47. The zero-order valence-corrected chi connectivity index (χ0v) is 13.4. The van der Waals surface area contributed by atoms with Crippen molar-refractivity contribution >= 4 is 11.9 Å². The topological polar surface area (TPSA) is 92.2 Å². The molecular weight excluding hydrogens is 320 g/mol. The molecule has 2 aromatic heterocycles. The highest BCUT2D eigenvalue weighted by Crippen LogP contribution is 2.03. The van der Waals surface area contributed by atoms with E-state index in [0.717, 1.165) is 24.5 Å². The summed E-state index contributed by atoms with van der Waals surface area (Å²) in [4.78, 5) is 28.6. The highest BCUT2D eigenvalue weighted by atomic mass is 19.1. The number of aromatic carboxylic acids is 1. The lowest BCUT2D eigenvalue weighted by molar-refractivity contribution is 0.0690. The van der Waals surface area contributed by atoms with Gasteiger partial charge in [0.1, 0.15) is 23.0 Å². The van der Waals surface area contributed by atoms with Crippen LogP contribution in [-0.2, 0) is 0 Å². The van der Waals surface area contributed by atoms with Gasteiger partial charge in [0.2, 0.25) is 0 Å². The Hall–Kier alpha value is -2.90. The molecule has 0 aliphatic carbocycles. The maximum Gasteiger partial charge on any atom is 0.354 e. The van der Waals surface area contributed by atoms with Crippen molar-refractivity contribution in [3.8, 4) is 0 Å². The van der Waals surface area contributed by atoms with Crippen molar-refractivity contribution in [1.82, 2.24) is 15.3 Å². The van der Waals surface area contributed by atoms with E-state index >= 15 is 0 Å². The van der Waals surface area contributed by atoms with Gasteiger partial charge in [0.25, 0.3) is 5.91 Å². The van der Waals surface area contributed by atoms with Crippen LogP contribution in [-0.4, -0.2) is 32.5 Å². The van der Waals surface area contributed by atoms with Crippen molar-refractivity contribution in [2.24, 2.45) is 0 Å². The Bertz CT molecular complexity index is 696. The summed E-state index contributed by atoms with van der Waals surface area (Å²) in [6.45, 7) is 5.61. The zero-order chi connectivity index (χ0) is 18.3. The van der Waals surface area contributed by atoms with E-state index < -0.39 is 17.6 Å². The van der Waals surface area contributed by atoms with Crippen LogP contribution in [0.15, 0.2) is 36.7 Å². The van der Waals surface area contributed by atoms with E-state index in [1.807, 2.05) is 20.8 Å². The van der Waals surface area contributed by atoms with Gasteiger partial charge >= 0.3 is 5.97 Å². The van der Waals surface area contributed by atoms with Crippen LogP contribution >= 0.6 is 0 Å². The number of carboxylic acids is 1. The first-order valence-electron chi connectivity index (χ1n) is 6.87. The molecule has 1 amide bonds. The molecule has 8 heteroatoms. The van der Waals surface area contributed by atoms with Crippen molar-refractivity contribution < 1.29 is 23.5 Å². The Morgan fingerprint density at radius 3 is 1.75 bits per heavy atom. The first-order chi connectivity index (χ1) is 11.1. The third-order valence-corrected chi connectivity index (χ3v) is 2.40. The normalized spacial score (nSPS) is 10.4. The van der Waals surface area contributed by atoms with Gasteiger partial charge in [-0.1, -0.05) is 0 Å². The Morgan fingerprint density at radius 1 is 0.958 bits per heavy atom. The van der Waals surface area contributed by atoms with Crippen LogP contribution in [0.1, 0.15) is 41.7 Å². The van der Waals surface area contributed by atoms with E-state index in [2.05, 4.69) is 15.3 Å². The summed E-state index contributed by atoms with van der Waals surface area (Å²) in [5, 5.41) is 11.0. The summed E-state index contributed by atoms with van der Waals surface area (Å²) >= 11 is 0. The molecule has 2 rings (SSSR count). The monoisotopic (exact) mass is 337 g/mol. The van der Waals surface area contributed by atoms with Gasteiger partial charge in [0.15, 0.2) is 0 Å². The number of amides is 1. The molecule has 0 atom stereocenters. The second-order valence-corrected chi connectivity index (χ2v) is 5.73. The van der Waals surface area contributed by atoms with Crippen molar-refractivity contribution in [3.63, 3.8) is 0 Å². The summed E-state index contributed by atoms with van der Waals surface area (Å²) in [7, 11) is 0. The Kier molecular flexibility index (Phi) is 6.46. The number of rotatable bonds is 2. The summed E-state index contributed by atoms with van der Waals surface area (Å²) in [6, 6.07) is 4.73. The number of nitrogens with one attached hydrogen (secondary N) is 1. The highest BCUT2D eigenvalue weighted by Gasteiger charge is 2.15. The van der Waals surface area contributed by atoms with Gasteiger partial charge in [0, 0.05) is 5.54 Å². The number of hydrogen-bond donors (Lipinski definition) is 2. The average molecular weight is 337 g/mol. The smallest absolute Gasteiger partial charge is 0.354 e. The minimum absolute atomic E-state index is 0.151. The number of carbonyl (C=O) groups excluding carboxylic acids is 1. The van der Waals surface area contributed by atoms with Gasteiger partial charge in [-0.15, -0.1) is 0 Å². The molecular formula is C16H17F2N3O3. The molecule has 0 spiro atoms. The molecule has 2 heterocycles. The van der Waals surface area contributed by atoms with Crippen LogP contribution in [0.5, 0.6) is 0 Å². The molecule has 0 saturated carbocycles. The molecule has 0 fully saturated rings. The third kappa shape index (κ3) is 6.91. The van der Waals surface area contributed by atoms with Crippen molar-refractivity contribution in [1.29, 1.82) is 0 Å². The quantitative estimate of drug-likeness (QED) is 0.879. The van der Waals surface area contributed by atoms with E-state index in [1.54, 1.807) is 0 Å². The van der Waals surface area contributed by atoms with Gasteiger partial charge in [-0.3, -0.25) is 4.79 Å². The lowest BCUT2D eigenvalue weighted by Gasteiger charge is -2.19. The van der Waals surface area contributed by atoms with Crippen LogP contribution in [0.3, 0.4) is 0 Å². The predicted octanol–water partition coefficient (Wildman–Crippen LogP) is 2.67. The fourth-order valence-corrected chi connectivity index (χ4v) is 1.42. The molecule has 0 aromatic carbocycles. The largest absolute Gasteiger partial charge is 0.477 e. The van der Waals surface area contributed by atoms with E-state index in [4.69, 9.17) is 5.11 Å². The molecule has 24 heavy (non-hydrogen) atoms. The SMILES string of the molecule is CC(C)(C)NC(=O)c1ccc(F)cn1.O=C(O)c1ccc(F)cn1. The summed E-state index contributed by atoms with van der Waals surface area (Å²) in [5.41, 5.74) is -0.240. The third-order valence-electron chi connectivity index (χ3n) is 2.40. The first-order valence-corrected chi connectivity index (χ1v) is 6.87. The van der Waals surface area contributed by atoms with E-state index in [0.29, 0.717) is 0 Å². The van der Waals surface area contributed by atoms with E-state index in [1.165, 1.54) is 12.1 Å². The van der Waals surface area contributed by atoms with Crippen molar-refractivity contribution in [2.75, 3.05) is 0 Å². The molecule has 0 radical (unpaired) electrons. The van der Waals surface area contributed by atoms with Crippen LogP contribution in [0.25, 0.3) is 0 Å². The summed E-state index contributed by atoms with van der Waals surface area (Å²) in [6.07, 6.45) is 1.89. The minimum atomic E-state index is -1.15. The van der Waals surface area contributed by atoms with Crippen LogP contribution in [0.2, 0.25) is 0 Å². The number of carboxylic acid groups (broad SMARTS) is 1.